The number of rotatable bonds is 2. The fourth-order valence-electron chi connectivity index (χ4n) is 2.38. The van der Waals surface area contributed by atoms with Gasteiger partial charge in [0, 0.05) is 12.5 Å². The van der Waals surface area contributed by atoms with E-state index in [4.69, 9.17) is 5.26 Å². The van der Waals surface area contributed by atoms with Gasteiger partial charge in [0.1, 0.15) is 6.04 Å². The Balaban J connectivity index is 1.95. The summed E-state index contributed by atoms with van der Waals surface area (Å²) in [5.41, 5.74) is 0. The van der Waals surface area contributed by atoms with E-state index in [1.54, 1.807) is 4.90 Å². The number of nitriles is 1. The van der Waals surface area contributed by atoms with E-state index in [1.807, 2.05) is 0 Å². The van der Waals surface area contributed by atoms with Gasteiger partial charge in [-0.15, -0.1) is 0 Å². The summed E-state index contributed by atoms with van der Waals surface area (Å²) in [6.07, 6.45) is 4.00. The third-order valence-corrected chi connectivity index (χ3v) is 3.45. The Morgan fingerprint density at radius 1 is 1.64 bits per heavy atom. The Morgan fingerprint density at radius 2 is 2.43 bits per heavy atom. The number of hydrogen-bond acceptors (Lipinski definition) is 2. The summed E-state index contributed by atoms with van der Waals surface area (Å²) in [6.45, 7) is 2.92. The summed E-state index contributed by atoms with van der Waals surface area (Å²) in [6, 6.07) is 2.08. The van der Waals surface area contributed by atoms with Crippen molar-refractivity contribution >= 4 is 5.91 Å². The van der Waals surface area contributed by atoms with Crippen LogP contribution < -0.4 is 0 Å². The first-order valence-electron chi connectivity index (χ1n) is 5.48. The molecule has 0 N–H and O–H groups in total. The van der Waals surface area contributed by atoms with Crippen molar-refractivity contribution in [1.29, 1.82) is 5.26 Å². The molecule has 0 bridgehead atoms. The maximum atomic E-state index is 11.9. The zero-order chi connectivity index (χ0) is 10.1. The Bertz CT molecular complexity index is 282. The Labute approximate surface area is 84.7 Å². The van der Waals surface area contributed by atoms with Crippen LogP contribution in [0.4, 0.5) is 0 Å². The average molecular weight is 192 g/mol. The Hall–Kier alpha value is -1.04. The standard InChI is InChI=1S/C11H16N2O/c1-2-8-6-10(8)11(14)13-5-3-4-9(13)7-12/h8-10H,2-6H2,1H3/t8-,9?,10-/m1/s1. The third-order valence-electron chi connectivity index (χ3n) is 3.45. The predicted molar refractivity (Wildman–Crippen MR) is 52.2 cm³/mol. The first-order valence-corrected chi connectivity index (χ1v) is 5.48. The van der Waals surface area contributed by atoms with Crippen LogP contribution in [0.3, 0.4) is 0 Å². The second-order valence-electron chi connectivity index (χ2n) is 4.33. The minimum atomic E-state index is -0.138. The minimum Gasteiger partial charge on any atom is -0.326 e. The molecular weight excluding hydrogens is 176 g/mol. The maximum absolute atomic E-state index is 11.9. The van der Waals surface area contributed by atoms with Crippen LogP contribution in [0.2, 0.25) is 0 Å². The number of nitrogens with zero attached hydrogens (tertiary/aromatic N) is 2. The van der Waals surface area contributed by atoms with Gasteiger partial charge in [-0.05, 0) is 25.2 Å². The van der Waals surface area contributed by atoms with E-state index in [2.05, 4.69) is 13.0 Å². The van der Waals surface area contributed by atoms with Crippen molar-refractivity contribution in [2.75, 3.05) is 6.54 Å². The molecule has 1 heterocycles. The fraction of sp³-hybridized carbons (Fsp3) is 0.818. The average Bonchev–Trinajstić information content (AvgIpc) is 2.85. The van der Waals surface area contributed by atoms with Gasteiger partial charge < -0.3 is 4.90 Å². The van der Waals surface area contributed by atoms with Gasteiger partial charge in [0.05, 0.1) is 6.07 Å². The van der Waals surface area contributed by atoms with Gasteiger partial charge in [-0.25, -0.2) is 0 Å². The summed E-state index contributed by atoms with van der Waals surface area (Å²) in [4.78, 5) is 13.7. The molecule has 0 aromatic heterocycles. The highest BCUT2D eigenvalue weighted by molar-refractivity contribution is 5.82. The highest BCUT2D eigenvalue weighted by Gasteiger charge is 2.45. The molecule has 0 aromatic carbocycles. The van der Waals surface area contributed by atoms with Gasteiger partial charge in [0.15, 0.2) is 0 Å². The molecule has 1 aliphatic heterocycles. The second kappa shape index (κ2) is 3.61. The molecule has 0 aromatic rings. The van der Waals surface area contributed by atoms with Crippen molar-refractivity contribution < 1.29 is 4.79 Å². The molecule has 76 valence electrons. The van der Waals surface area contributed by atoms with Gasteiger partial charge >= 0.3 is 0 Å². The second-order valence-corrected chi connectivity index (χ2v) is 4.33. The summed E-state index contributed by atoms with van der Waals surface area (Å²) >= 11 is 0. The predicted octanol–water partition coefficient (Wildman–Crippen LogP) is 1.55. The largest absolute Gasteiger partial charge is 0.326 e. The highest BCUT2D eigenvalue weighted by atomic mass is 16.2. The maximum Gasteiger partial charge on any atom is 0.227 e. The Kier molecular flexibility index (Phi) is 2.45. The molecule has 3 atom stereocenters. The monoisotopic (exact) mass is 192 g/mol. The molecule has 3 heteroatoms. The normalized spacial score (nSPS) is 35.4. The van der Waals surface area contributed by atoms with Crippen molar-refractivity contribution in [1.82, 2.24) is 4.90 Å². The van der Waals surface area contributed by atoms with Crippen molar-refractivity contribution in [2.45, 2.75) is 38.6 Å². The van der Waals surface area contributed by atoms with Crippen LogP contribution in [-0.2, 0) is 4.79 Å². The van der Waals surface area contributed by atoms with Gasteiger partial charge in [-0.2, -0.15) is 5.26 Å². The molecular formula is C11H16N2O. The molecule has 2 rings (SSSR count). The molecule has 3 nitrogen and oxygen atoms in total. The summed E-state index contributed by atoms with van der Waals surface area (Å²) < 4.78 is 0. The molecule has 1 unspecified atom stereocenters. The van der Waals surface area contributed by atoms with Crippen LogP contribution in [0.5, 0.6) is 0 Å². The molecule has 1 saturated carbocycles. The van der Waals surface area contributed by atoms with Crippen molar-refractivity contribution in [3.8, 4) is 6.07 Å². The summed E-state index contributed by atoms with van der Waals surface area (Å²) in [5, 5.41) is 8.87. The molecule has 0 radical (unpaired) electrons. The quantitative estimate of drug-likeness (QED) is 0.666. The number of likely N-dealkylation sites (tertiary alicyclic amines) is 1. The molecule has 1 aliphatic carbocycles. The van der Waals surface area contributed by atoms with E-state index in [1.165, 1.54) is 0 Å². The zero-order valence-corrected chi connectivity index (χ0v) is 8.57. The molecule has 14 heavy (non-hydrogen) atoms. The lowest BCUT2D eigenvalue weighted by atomic mass is 10.2. The number of amides is 1. The van der Waals surface area contributed by atoms with Crippen LogP contribution in [0.1, 0.15) is 32.6 Å². The van der Waals surface area contributed by atoms with Gasteiger partial charge in [0.25, 0.3) is 0 Å². The lowest BCUT2D eigenvalue weighted by Gasteiger charge is -2.19. The van der Waals surface area contributed by atoms with E-state index >= 15 is 0 Å². The molecule has 2 fully saturated rings. The highest BCUT2D eigenvalue weighted by Crippen LogP contribution is 2.43. The van der Waals surface area contributed by atoms with Crippen LogP contribution in [0, 0.1) is 23.2 Å². The van der Waals surface area contributed by atoms with E-state index in [0.717, 1.165) is 32.2 Å². The van der Waals surface area contributed by atoms with Crippen molar-refractivity contribution in [3.63, 3.8) is 0 Å². The van der Waals surface area contributed by atoms with E-state index < -0.39 is 0 Å². The van der Waals surface area contributed by atoms with Gasteiger partial charge in [-0.3, -0.25) is 4.79 Å². The van der Waals surface area contributed by atoms with E-state index in [0.29, 0.717) is 5.92 Å². The SMILES string of the molecule is CC[C@@H]1C[C@H]1C(=O)N1CCCC1C#N. The molecule has 1 saturated heterocycles. The smallest absolute Gasteiger partial charge is 0.227 e. The molecule has 0 spiro atoms. The van der Waals surface area contributed by atoms with Gasteiger partial charge in [0.2, 0.25) is 5.91 Å². The first-order chi connectivity index (χ1) is 6.77. The number of carbonyl (C=O) groups excluding carboxylic acids is 1. The van der Waals surface area contributed by atoms with Crippen molar-refractivity contribution in [3.05, 3.63) is 0 Å². The number of hydrogen-bond donors (Lipinski definition) is 0. The molecule has 2 aliphatic rings. The lowest BCUT2D eigenvalue weighted by molar-refractivity contribution is -0.132. The first kappa shape index (κ1) is 9.51. The number of carbonyl (C=O) groups is 1. The van der Waals surface area contributed by atoms with Crippen LogP contribution >= 0.6 is 0 Å². The Morgan fingerprint density at radius 3 is 3.00 bits per heavy atom. The summed E-state index contributed by atoms with van der Waals surface area (Å²) in [5.74, 6) is 1.08. The fourth-order valence-corrected chi connectivity index (χ4v) is 2.38. The van der Waals surface area contributed by atoms with E-state index in [9.17, 15) is 4.79 Å². The van der Waals surface area contributed by atoms with Crippen LogP contribution in [0.15, 0.2) is 0 Å². The summed E-state index contributed by atoms with van der Waals surface area (Å²) in [7, 11) is 0. The van der Waals surface area contributed by atoms with Crippen molar-refractivity contribution in [2.24, 2.45) is 11.8 Å². The third kappa shape index (κ3) is 1.50. The molecule has 1 amide bonds. The zero-order valence-electron chi connectivity index (χ0n) is 8.57. The van der Waals surface area contributed by atoms with Crippen LogP contribution in [0.25, 0.3) is 0 Å². The van der Waals surface area contributed by atoms with Crippen LogP contribution in [-0.4, -0.2) is 23.4 Å². The topological polar surface area (TPSA) is 44.1 Å². The van der Waals surface area contributed by atoms with E-state index in [-0.39, 0.29) is 17.9 Å². The minimum absolute atomic E-state index is 0.138. The lowest BCUT2D eigenvalue weighted by Crippen LogP contribution is -2.36. The van der Waals surface area contributed by atoms with Gasteiger partial charge in [-0.1, -0.05) is 13.3 Å².